The van der Waals surface area contributed by atoms with Gasteiger partial charge in [-0.1, -0.05) is 17.7 Å². The minimum atomic E-state index is -1.64. The Morgan fingerprint density at radius 3 is 2.75 bits per heavy atom. The van der Waals surface area contributed by atoms with Crippen LogP contribution < -0.4 is 16.0 Å². The van der Waals surface area contributed by atoms with E-state index in [4.69, 9.17) is 4.42 Å². The molecule has 0 saturated carbocycles. The average Bonchev–Trinajstić information content (AvgIpc) is 3.47. The second kappa shape index (κ2) is 8.76. The summed E-state index contributed by atoms with van der Waals surface area (Å²) >= 11 is 0. The van der Waals surface area contributed by atoms with Gasteiger partial charge in [-0.05, 0) is 38.7 Å². The number of carbonyl (C=O) groups excluding carboxylic acids is 4. The van der Waals surface area contributed by atoms with Gasteiger partial charge in [0.2, 0.25) is 0 Å². The molecular weight excluding hydrogens is 464 g/mol. The molecule has 2 aliphatic rings. The quantitative estimate of drug-likeness (QED) is 0.422. The van der Waals surface area contributed by atoms with Crippen LogP contribution in [-0.2, 0) is 16.9 Å². The van der Waals surface area contributed by atoms with Crippen molar-refractivity contribution in [3.8, 4) is 0 Å². The number of amides is 5. The van der Waals surface area contributed by atoms with E-state index in [2.05, 4.69) is 20.9 Å². The lowest BCUT2D eigenvalue weighted by molar-refractivity contribution is -0.125. The largest absolute Gasteiger partial charge is 0.456 e. The minimum Gasteiger partial charge on any atom is -0.456 e. The van der Waals surface area contributed by atoms with Crippen molar-refractivity contribution >= 4 is 34.9 Å². The van der Waals surface area contributed by atoms with E-state index in [1.165, 1.54) is 11.1 Å². The monoisotopic (exact) mass is 490 g/mol. The summed E-state index contributed by atoms with van der Waals surface area (Å²) in [6.45, 7) is 3.22. The van der Waals surface area contributed by atoms with Gasteiger partial charge < -0.3 is 24.9 Å². The van der Waals surface area contributed by atoms with Crippen LogP contribution in [0.3, 0.4) is 0 Å². The Labute approximate surface area is 206 Å². The molecule has 3 aromatic rings. The summed E-state index contributed by atoms with van der Waals surface area (Å²) in [5.41, 5.74) is 1.73. The first-order chi connectivity index (χ1) is 17.2. The number of imide groups is 1. The van der Waals surface area contributed by atoms with Gasteiger partial charge in [-0.3, -0.25) is 24.7 Å². The van der Waals surface area contributed by atoms with Gasteiger partial charge in [-0.2, -0.15) is 0 Å². The number of aryl methyl sites for hydroxylation is 1. The van der Waals surface area contributed by atoms with E-state index in [9.17, 15) is 19.2 Å². The highest BCUT2D eigenvalue weighted by atomic mass is 16.3. The summed E-state index contributed by atoms with van der Waals surface area (Å²) in [5.74, 6) is -1.04. The molecule has 0 radical (unpaired) electrons. The van der Waals surface area contributed by atoms with Crippen LogP contribution in [0.2, 0.25) is 0 Å². The predicted molar refractivity (Wildman–Crippen MR) is 129 cm³/mol. The van der Waals surface area contributed by atoms with E-state index >= 15 is 0 Å². The van der Waals surface area contributed by atoms with E-state index < -0.39 is 17.5 Å². The van der Waals surface area contributed by atoms with Crippen molar-refractivity contribution in [3.63, 3.8) is 0 Å². The first-order valence-electron chi connectivity index (χ1n) is 11.5. The molecule has 0 spiro atoms. The van der Waals surface area contributed by atoms with Gasteiger partial charge in [-0.15, -0.1) is 0 Å². The van der Waals surface area contributed by atoms with E-state index in [0.29, 0.717) is 36.3 Å². The van der Waals surface area contributed by atoms with E-state index in [1.807, 2.05) is 44.1 Å². The summed E-state index contributed by atoms with van der Waals surface area (Å²) in [6, 6.07) is 8.03. The summed E-state index contributed by atoms with van der Waals surface area (Å²) in [4.78, 5) is 58.7. The second-order valence-corrected chi connectivity index (χ2v) is 9.41. The molecule has 0 bridgehead atoms. The maximum absolute atomic E-state index is 13.1. The summed E-state index contributed by atoms with van der Waals surface area (Å²) in [5, 5.41) is 7.73. The Hall–Kier alpha value is -4.25. The third kappa shape index (κ3) is 4.07. The summed E-state index contributed by atoms with van der Waals surface area (Å²) in [6.07, 6.45) is 1.43. The third-order valence-corrected chi connectivity index (χ3v) is 6.41. The second-order valence-electron chi connectivity index (χ2n) is 9.41. The lowest BCUT2D eigenvalue weighted by Crippen LogP contribution is -2.52. The molecule has 1 aromatic carbocycles. The molecule has 5 rings (SSSR count). The van der Waals surface area contributed by atoms with Gasteiger partial charge in [0.1, 0.15) is 11.3 Å². The molecule has 186 valence electrons. The molecule has 3 N–H and O–H groups in total. The Morgan fingerprint density at radius 1 is 1.22 bits per heavy atom. The SMILES string of the molecule is Cc1ccc2c(c1)C(=O)N(C[C@@]1(c3cc4ncc(C(=O)NCCN(C)C)cc4o3)NC(=O)NC1=O)C2. The number of nitrogens with one attached hydrogen (secondary N) is 3. The molecule has 11 heteroatoms. The van der Waals surface area contributed by atoms with Crippen molar-refractivity contribution in [2.75, 3.05) is 33.7 Å². The fraction of sp³-hybridized carbons (Fsp3) is 0.320. The van der Waals surface area contributed by atoms with Crippen LogP contribution in [0, 0.1) is 6.92 Å². The number of urea groups is 1. The number of rotatable bonds is 7. The fourth-order valence-corrected chi connectivity index (χ4v) is 4.49. The van der Waals surface area contributed by atoms with Crippen LogP contribution in [0.25, 0.3) is 11.1 Å². The molecule has 2 aromatic heterocycles. The molecule has 2 aliphatic heterocycles. The molecule has 4 heterocycles. The zero-order valence-corrected chi connectivity index (χ0v) is 20.2. The molecule has 0 unspecified atom stereocenters. The van der Waals surface area contributed by atoms with Crippen molar-refractivity contribution in [1.82, 2.24) is 30.7 Å². The number of carbonyl (C=O) groups is 4. The van der Waals surface area contributed by atoms with Crippen LogP contribution >= 0.6 is 0 Å². The van der Waals surface area contributed by atoms with Crippen molar-refractivity contribution in [2.45, 2.75) is 19.0 Å². The van der Waals surface area contributed by atoms with Crippen molar-refractivity contribution in [1.29, 1.82) is 0 Å². The van der Waals surface area contributed by atoms with Crippen LogP contribution in [0.15, 0.2) is 40.9 Å². The Kier molecular flexibility index (Phi) is 5.71. The number of aromatic nitrogens is 1. The lowest BCUT2D eigenvalue weighted by Gasteiger charge is -2.28. The number of hydrogen-bond acceptors (Lipinski definition) is 7. The third-order valence-electron chi connectivity index (χ3n) is 6.41. The van der Waals surface area contributed by atoms with E-state index in [0.717, 1.165) is 11.1 Å². The smallest absolute Gasteiger partial charge is 0.322 e. The number of fused-ring (bicyclic) bond motifs is 2. The lowest BCUT2D eigenvalue weighted by atomic mass is 9.95. The number of likely N-dealkylation sites (N-methyl/N-ethyl adjacent to an activating group) is 1. The number of hydrogen-bond donors (Lipinski definition) is 3. The van der Waals surface area contributed by atoms with Crippen LogP contribution in [0.1, 0.15) is 37.6 Å². The van der Waals surface area contributed by atoms with E-state index in [1.54, 1.807) is 12.1 Å². The normalized spacial score (nSPS) is 19.1. The van der Waals surface area contributed by atoms with Crippen molar-refractivity contribution in [2.24, 2.45) is 0 Å². The van der Waals surface area contributed by atoms with Gasteiger partial charge in [0.25, 0.3) is 17.7 Å². The number of furan rings is 1. The highest BCUT2D eigenvalue weighted by Crippen LogP contribution is 2.34. The highest BCUT2D eigenvalue weighted by Gasteiger charge is 2.53. The molecular formula is C25H26N6O5. The van der Waals surface area contributed by atoms with Gasteiger partial charge in [0, 0.05) is 37.5 Å². The molecule has 5 amide bonds. The Morgan fingerprint density at radius 2 is 2.03 bits per heavy atom. The number of pyridine rings is 1. The van der Waals surface area contributed by atoms with Crippen molar-refractivity contribution in [3.05, 3.63) is 64.5 Å². The van der Waals surface area contributed by atoms with Gasteiger partial charge in [0.05, 0.1) is 12.1 Å². The topological polar surface area (TPSA) is 137 Å². The highest BCUT2D eigenvalue weighted by molar-refractivity contribution is 6.08. The maximum atomic E-state index is 13.1. The maximum Gasteiger partial charge on any atom is 0.322 e. The number of nitrogens with zero attached hydrogens (tertiary/aromatic N) is 3. The van der Waals surface area contributed by atoms with Gasteiger partial charge in [-0.25, -0.2) is 4.79 Å². The average molecular weight is 491 g/mol. The summed E-state index contributed by atoms with van der Waals surface area (Å²) in [7, 11) is 3.82. The van der Waals surface area contributed by atoms with Crippen molar-refractivity contribution < 1.29 is 23.6 Å². The fourth-order valence-electron chi connectivity index (χ4n) is 4.49. The molecule has 36 heavy (non-hydrogen) atoms. The molecule has 11 nitrogen and oxygen atoms in total. The molecule has 1 atom stereocenters. The first-order valence-corrected chi connectivity index (χ1v) is 11.5. The standard InChI is InChI=1S/C25H26N6O5/c1-14-4-5-15-12-31(22(33)17(15)8-14)13-25(23(34)28-24(35)29-25)20-10-18-19(36-20)9-16(11-27-18)21(32)26-6-7-30(2)3/h4-5,8-11H,6-7,12-13H2,1-3H3,(H,26,32)(H2,28,29,34,35)/t25-/m0/s1. The van der Waals surface area contributed by atoms with Crippen LogP contribution in [0.5, 0.6) is 0 Å². The molecule has 0 aliphatic carbocycles. The Bertz CT molecular complexity index is 1410. The van der Waals surface area contributed by atoms with Gasteiger partial charge >= 0.3 is 6.03 Å². The zero-order chi connectivity index (χ0) is 25.6. The molecule has 1 fully saturated rings. The zero-order valence-electron chi connectivity index (χ0n) is 20.2. The summed E-state index contributed by atoms with van der Waals surface area (Å²) < 4.78 is 5.99. The first kappa shape index (κ1) is 23.5. The van der Waals surface area contributed by atoms with Gasteiger partial charge in [0.15, 0.2) is 11.1 Å². The molecule has 1 saturated heterocycles. The number of benzene rings is 1. The van der Waals surface area contributed by atoms with Crippen LogP contribution in [-0.4, -0.2) is 72.3 Å². The predicted octanol–water partition coefficient (Wildman–Crippen LogP) is 1.12. The minimum absolute atomic E-state index is 0.124. The van der Waals surface area contributed by atoms with E-state index in [-0.39, 0.29) is 29.7 Å². The van der Waals surface area contributed by atoms with Crippen LogP contribution in [0.4, 0.5) is 4.79 Å². The Balaban J connectivity index is 1.45.